The van der Waals surface area contributed by atoms with E-state index >= 15 is 0 Å². The van der Waals surface area contributed by atoms with Gasteiger partial charge in [-0.3, -0.25) is 0 Å². The van der Waals surface area contributed by atoms with Crippen molar-refractivity contribution in [2.75, 3.05) is 6.61 Å². The normalized spacial score (nSPS) is 26.7. The monoisotopic (exact) mass is 558 g/mol. The quantitative estimate of drug-likeness (QED) is 0.275. The highest BCUT2D eigenvalue weighted by atomic mass is 28.4. The standard InChI is InChI=1S/C25H50O6Si4/c1-32(2,3)27-19-21-22(29-33(4,5)6)23(30-34(7,8)9)24(31-35(10,11)12)25(28-21)26-18-20-16-14-13-15-17-20/h13-17,21-25H,18-19H2,1-12H3/t21-,22-,23+,24+,25?/m1/s1. The van der Waals surface area contributed by atoms with Crippen LogP contribution < -0.4 is 0 Å². The van der Waals surface area contributed by atoms with Crippen LogP contribution in [0.4, 0.5) is 0 Å². The average molecular weight is 559 g/mol. The predicted octanol–water partition coefficient (Wildman–Crippen LogP) is 6.44. The second-order valence-corrected chi connectivity index (χ2v) is 31.2. The van der Waals surface area contributed by atoms with E-state index in [0.29, 0.717) is 13.2 Å². The topological polar surface area (TPSA) is 55.4 Å². The lowest BCUT2D eigenvalue weighted by Gasteiger charge is -2.50. The highest BCUT2D eigenvalue weighted by Gasteiger charge is 2.52. The van der Waals surface area contributed by atoms with Gasteiger partial charge in [-0.2, -0.15) is 0 Å². The molecule has 1 aromatic carbocycles. The zero-order valence-electron chi connectivity index (χ0n) is 24.1. The number of hydrogen-bond acceptors (Lipinski definition) is 6. The van der Waals surface area contributed by atoms with E-state index in [0.717, 1.165) is 5.56 Å². The summed E-state index contributed by atoms with van der Waals surface area (Å²) in [5, 5.41) is 0. The van der Waals surface area contributed by atoms with Gasteiger partial charge in [0.15, 0.2) is 39.6 Å². The first kappa shape index (κ1) is 31.1. The molecule has 1 heterocycles. The lowest BCUT2D eigenvalue weighted by molar-refractivity contribution is -0.293. The van der Waals surface area contributed by atoms with Crippen molar-refractivity contribution in [1.29, 1.82) is 0 Å². The van der Waals surface area contributed by atoms with Gasteiger partial charge in [-0.25, -0.2) is 0 Å². The summed E-state index contributed by atoms with van der Waals surface area (Å²) in [6.45, 7) is 27.4. The van der Waals surface area contributed by atoms with Crippen molar-refractivity contribution >= 4 is 33.3 Å². The number of rotatable bonds is 12. The highest BCUT2D eigenvalue weighted by molar-refractivity contribution is 6.71. The SMILES string of the molecule is C[Si](C)(C)OC[C@H]1OC(OCc2ccccc2)[C@@H](O[Si](C)(C)C)[C@@H](O[Si](C)(C)C)[C@@H]1O[Si](C)(C)C. The van der Waals surface area contributed by atoms with Crippen LogP contribution in [-0.4, -0.2) is 70.6 Å². The van der Waals surface area contributed by atoms with Crippen LogP contribution in [0.1, 0.15) is 5.56 Å². The first-order valence-electron chi connectivity index (χ1n) is 12.8. The first-order valence-corrected chi connectivity index (χ1v) is 26.4. The molecule has 1 aromatic rings. The van der Waals surface area contributed by atoms with Crippen LogP contribution in [0.3, 0.4) is 0 Å². The second kappa shape index (κ2) is 12.1. The predicted molar refractivity (Wildman–Crippen MR) is 154 cm³/mol. The van der Waals surface area contributed by atoms with E-state index in [1.165, 1.54) is 0 Å². The van der Waals surface area contributed by atoms with Gasteiger partial charge in [-0.1, -0.05) is 30.3 Å². The third-order valence-electron chi connectivity index (χ3n) is 5.00. The van der Waals surface area contributed by atoms with Gasteiger partial charge in [0.05, 0.1) is 13.2 Å². The van der Waals surface area contributed by atoms with Crippen LogP contribution in [0.25, 0.3) is 0 Å². The van der Waals surface area contributed by atoms with Gasteiger partial charge < -0.3 is 27.2 Å². The molecule has 0 aromatic heterocycles. The maximum atomic E-state index is 6.87. The van der Waals surface area contributed by atoms with Gasteiger partial charge in [-0.05, 0) is 84.1 Å². The lowest BCUT2D eigenvalue weighted by atomic mass is 9.99. The molecule has 1 aliphatic rings. The van der Waals surface area contributed by atoms with Crippen LogP contribution in [0.15, 0.2) is 30.3 Å². The molecule has 0 amide bonds. The third kappa shape index (κ3) is 11.8. The number of ether oxygens (including phenoxy) is 2. The van der Waals surface area contributed by atoms with Crippen molar-refractivity contribution in [2.45, 2.75) is 116 Å². The van der Waals surface area contributed by atoms with Gasteiger partial charge in [0, 0.05) is 0 Å². The highest BCUT2D eigenvalue weighted by Crippen LogP contribution is 2.34. The maximum Gasteiger partial charge on any atom is 0.186 e. The van der Waals surface area contributed by atoms with E-state index in [9.17, 15) is 0 Å². The molecule has 6 nitrogen and oxygen atoms in total. The molecule has 0 aliphatic carbocycles. The fourth-order valence-corrected chi connectivity index (χ4v) is 7.77. The average Bonchev–Trinajstić information content (AvgIpc) is 2.66. The van der Waals surface area contributed by atoms with Crippen LogP contribution in [0.5, 0.6) is 0 Å². The summed E-state index contributed by atoms with van der Waals surface area (Å²) >= 11 is 0. The Balaban J connectivity index is 2.47. The Bertz CT molecular complexity index is 767. The fraction of sp³-hybridized carbons (Fsp3) is 0.760. The lowest BCUT2D eigenvalue weighted by Crippen LogP contribution is -2.66. The van der Waals surface area contributed by atoms with Gasteiger partial charge in [0.2, 0.25) is 0 Å². The molecule has 0 spiro atoms. The third-order valence-corrected chi connectivity index (χ3v) is 8.97. The van der Waals surface area contributed by atoms with Crippen molar-refractivity contribution in [1.82, 2.24) is 0 Å². The molecule has 0 radical (unpaired) electrons. The van der Waals surface area contributed by atoms with E-state index in [1.807, 2.05) is 18.2 Å². The first-order chi connectivity index (χ1) is 15.8. The zero-order chi connectivity index (χ0) is 26.7. The molecule has 1 fully saturated rings. The minimum atomic E-state index is -1.96. The van der Waals surface area contributed by atoms with Gasteiger partial charge >= 0.3 is 0 Å². The van der Waals surface area contributed by atoms with Gasteiger partial charge in [0.25, 0.3) is 0 Å². The van der Waals surface area contributed by atoms with Crippen LogP contribution >= 0.6 is 0 Å². The zero-order valence-corrected chi connectivity index (χ0v) is 28.1. The van der Waals surface area contributed by atoms with Crippen molar-refractivity contribution in [3.05, 3.63) is 35.9 Å². The largest absolute Gasteiger partial charge is 0.415 e. The molecule has 2 rings (SSSR count). The molecule has 1 aliphatic heterocycles. The fourth-order valence-electron chi connectivity index (χ4n) is 3.86. The molecular formula is C25H50O6Si4. The van der Waals surface area contributed by atoms with Crippen LogP contribution in [0.2, 0.25) is 78.6 Å². The van der Waals surface area contributed by atoms with Crippen LogP contribution in [0, 0.1) is 0 Å². The summed E-state index contributed by atoms with van der Waals surface area (Å²) in [4.78, 5) is 0. The summed E-state index contributed by atoms with van der Waals surface area (Å²) in [6.07, 6.45) is -1.80. The van der Waals surface area contributed by atoms with E-state index in [-0.39, 0.29) is 24.4 Å². The molecule has 10 heteroatoms. The molecule has 1 saturated heterocycles. The van der Waals surface area contributed by atoms with E-state index < -0.39 is 39.6 Å². The smallest absolute Gasteiger partial charge is 0.186 e. The number of hydrogen-bond donors (Lipinski definition) is 0. The minimum absolute atomic E-state index is 0.275. The summed E-state index contributed by atoms with van der Waals surface area (Å²) < 4.78 is 39.9. The van der Waals surface area contributed by atoms with Crippen molar-refractivity contribution in [3.8, 4) is 0 Å². The van der Waals surface area contributed by atoms with E-state index in [1.54, 1.807) is 0 Å². The van der Waals surface area contributed by atoms with Crippen molar-refractivity contribution in [2.24, 2.45) is 0 Å². The molecule has 202 valence electrons. The Morgan fingerprint density at radius 1 is 0.629 bits per heavy atom. The van der Waals surface area contributed by atoms with Gasteiger partial charge in [-0.15, -0.1) is 0 Å². The molecule has 0 bridgehead atoms. The summed E-state index contributed by atoms with van der Waals surface area (Å²) in [5.41, 5.74) is 1.10. The maximum absolute atomic E-state index is 6.87. The Morgan fingerprint density at radius 2 is 1.11 bits per heavy atom. The van der Waals surface area contributed by atoms with Gasteiger partial charge in [0.1, 0.15) is 24.4 Å². The molecular weight excluding hydrogens is 509 g/mol. The minimum Gasteiger partial charge on any atom is -0.415 e. The number of benzene rings is 1. The molecule has 5 atom stereocenters. The molecule has 35 heavy (non-hydrogen) atoms. The molecule has 1 unspecified atom stereocenters. The van der Waals surface area contributed by atoms with Crippen molar-refractivity contribution < 1.29 is 27.2 Å². The summed E-state index contributed by atoms with van der Waals surface area (Å²) in [5.74, 6) is 0. The Labute approximate surface area is 218 Å². The summed E-state index contributed by atoms with van der Waals surface area (Å²) in [7, 11) is -7.62. The Hall–Kier alpha value is -0.152. The van der Waals surface area contributed by atoms with Crippen LogP contribution in [-0.2, 0) is 33.8 Å². The Morgan fingerprint density at radius 3 is 1.60 bits per heavy atom. The molecule has 0 N–H and O–H groups in total. The Kier molecular flexibility index (Phi) is 10.8. The van der Waals surface area contributed by atoms with E-state index in [2.05, 4.69) is 90.7 Å². The van der Waals surface area contributed by atoms with E-state index in [4.69, 9.17) is 27.2 Å². The molecule has 0 saturated carbocycles. The van der Waals surface area contributed by atoms with Crippen molar-refractivity contribution in [3.63, 3.8) is 0 Å². The summed E-state index contributed by atoms with van der Waals surface area (Å²) in [6, 6.07) is 10.2. The second-order valence-electron chi connectivity index (χ2n) is 13.3.